The van der Waals surface area contributed by atoms with Gasteiger partial charge in [0.1, 0.15) is 12.3 Å². The lowest BCUT2D eigenvalue weighted by molar-refractivity contribution is -0.142. The van der Waals surface area contributed by atoms with Gasteiger partial charge in [-0.05, 0) is 40.9 Å². The Morgan fingerprint density at radius 3 is 2.47 bits per heavy atom. The standard InChI is InChI=1S/C20H22BrF3N4O2/c1-30-15-5-3-2-4-14(15)26-8-10-27(11-9-26)16(29)12-28-18(13-6-7-13)17(21)19(25-28)20(22,23)24/h2-5,13H,6-12H2,1H3. The van der Waals surface area contributed by atoms with Crippen LogP contribution < -0.4 is 9.64 Å². The second-order valence-electron chi connectivity index (χ2n) is 7.52. The van der Waals surface area contributed by atoms with Crippen LogP contribution in [0.15, 0.2) is 28.7 Å². The predicted molar refractivity (Wildman–Crippen MR) is 109 cm³/mol. The maximum atomic E-state index is 13.3. The third-order valence-corrected chi connectivity index (χ3v) is 6.29. The number of halogens is 4. The van der Waals surface area contributed by atoms with Crippen LogP contribution in [0.25, 0.3) is 0 Å². The van der Waals surface area contributed by atoms with Gasteiger partial charge in [0.05, 0.1) is 23.0 Å². The molecule has 6 nitrogen and oxygen atoms in total. The van der Waals surface area contributed by atoms with Gasteiger partial charge in [-0.3, -0.25) is 9.48 Å². The van der Waals surface area contributed by atoms with Crippen LogP contribution in [0.1, 0.15) is 30.1 Å². The van der Waals surface area contributed by atoms with Gasteiger partial charge in [0.2, 0.25) is 5.91 Å². The van der Waals surface area contributed by atoms with Gasteiger partial charge in [-0.15, -0.1) is 0 Å². The van der Waals surface area contributed by atoms with Crippen molar-refractivity contribution in [1.82, 2.24) is 14.7 Å². The SMILES string of the molecule is COc1ccccc1N1CCN(C(=O)Cn2nc(C(F)(F)F)c(Br)c2C2CC2)CC1. The second kappa shape index (κ2) is 8.13. The average molecular weight is 487 g/mol. The third-order valence-electron chi connectivity index (χ3n) is 5.51. The van der Waals surface area contributed by atoms with Crippen LogP contribution in [0.3, 0.4) is 0 Å². The molecule has 0 unspecified atom stereocenters. The van der Waals surface area contributed by atoms with Crippen molar-refractivity contribution in [3.8, 4) is 5.75 Å². The fourth-order valence-electron chi connectivity index (χ4n) is 3.82. The van der Waals surface area contributed by atoms with Crippen molar-refractivity contribution in [2.24, 2.45) is 0 Å². The van der Waals surface area contributed by atoms with Gasteiger partial charge in [0.25, 0.3) is 0 Å². The molecule has 162 valence electrons. The van der Waals surface area contributed by atoms with Crippen molar-refractivity contribution in [3.05, 3.63) is 40.1 Å². The second-order valence-corrected chi connectivity index (χ2v) is 8.31. The predicted octanol–water partition coefficient (Wildman–Crippen LogP) is 3.90. The van der Waals surface area contributed by atoms with Crippen LogP contribution in [-0.2, 0) is 17.5 Å². The van der Waals surface area contributed by atoms with E-state index in [1.54, 1.807) is 12.0 Å². The maximum Gasteiger partial charge on any atom is 0.436 e. The van der Waals surface area contributed by atoms with Gasteiger partial charge < -0.3 is 14.5 Å². The molecule has 0 atom stereocenters. The first-order chi connectivity index (χ1) is 14.3. The Morgan fingerprint density at radius 2 is 1.87 bits per heavy atom. The summed E-state index contributed by atoms with van der Waals surface area (Å²) in [5.74, 6) is 0.575. The lowest BCUT2D eigenvalue weighted by Gasteiger charge is -2.36. The summed E-state index contributed by atoms with van der Waals surface area (Å²) in [6.07, 6.45) is -2.93. The lowest BCUT2D eigenvalue weighted by atomic mass is 10.2. The molecule has 2 aromatic rings. The highest BCUT2D eigenvalue weighted by atomic mass is 79.9. The molecule has 1 amide bonds. The Kier molecular flexibility index (Phi) is 5.69. The van der Waals surface area contributed by atoms with Crippen molar-refractivity contribution < 1.29 is 22.7 Å². The number of methoxy groups -OCH3 is 1. The van der Waals surface area contributed by atoms with Gasteiger partial charge in [-0.25, -0.2) is 0 Å². The summed E-state index contributed by atoms with van der Waals surface area (Å²) in [6, 6.07) is 7.69. The Bertz CT molecular complexity index is 935. The molecule has 0 radical (unpaired) electrons. The number of ether oxygens (including phenoxy) is 1. The van der Waals surface area contributed by atoms with Crippen molar-refractivity contribution >= 4 is 27.5 Å². The Hall–Kier alpha value is -2.23. The van der Waals surface area contributed by atoms with Gasteiger partial charge in [-0.1, -0.05) is 12.1 Å². The largest absolute Gasteiger partial charge is 0.495 e. The normalized spacial score (nSPS) is 17.4. The number of anilines is 1. The van der Waals surface area contributed by atoms with Crippen LogP contribution in [0.2, 0.25) is 0 Å². The molecule has 1 aliphatic heterocycles. The van der Waals surface area contributed by atoms with Crippen LogP contribution in [0.5, 0.6) is 5.75 Å². The number of carbonyl (C=O) groups is 1. The Morgan fingerprint density at radius 1 is 1.20 bits per heavy atom. The highest BCUT2D eigenvalue weighted by Crippen LogP contribution is 2.47. The van der Waals surface area contributed by atoms with Gasteiger partial charge in [-0.2, -0.15) is 18.3 Å². The fraction of sp³-hybridized carbons (Fsp3) is 0.500. The number of alkyl halides is 3. The number of hydrogen-bond donors (Lipinski definition) is 0. The Labute approximate surface area is 180 Å². The van der Waals surface area contributed by atoms with Crippen molar-refractivity contribution in [1.29, 1.82) is 0 Å². The zero-order valence-corrected chi connectivity index (χ0v) is 18.0. The summed E-state index contributed by atoms with van der Waals surface area (Å²) in [7, 11) is 1.62. The molecule has 1 saturated carbocycles. The summed E-state index contributed by atoms with van der Waals surface area (Å²) < 4.78 is 46.4. The molecule has 0 N–H and O–H groups in total. The number of nitrogens with zero attached hydrogens (tertiary/aromatic N) is 4. The van der Waals surface area contributed by atoms with Crippen LogP contribution in [0.4, 0.5) is 18.9 Å². The van der Waals surface area contributed by atoms with Gasteiger partial charge in [0.15, 0.2) is 5.69 Å². The molecule has 0 bridgehead atoms. The molecule has 1 aliphatic carbocycles. The van der Waals surface area contributed by atoms with E-state index in [2.05, 4.69) is 25.9 Å². The van der Waals surface area contributed by atoms with Gasteiger partial charge >= 0.3 is 6.18 Å². The minimum absolute atomic E-state index is 0.0261. The molecule has 1 saturated heterocycles. The van der Waals surface area contributed by atoms with Crippen LogP contribution in [0, 0.1) is 0 Å². The molecule has 4 rings (SSSR count). The number of para-hydroxylation sites is 2. The summed E-state index contributed by atoms with van der Waals surface area (Å²) >= 11 is 3.06. The van der Waals surface area contributed by atoms with Crippen LogP contribution >= 0.6 is 15.9 Å². The topological polar surface area (TPSA) is 50.6 Å². The number of amides is 1. The van der Waals surface area contributed by atoms with E-state index in [1.165, 1.54) is 4.68 Å². The number of benzene rings is 1. The molecule has 0 spiro atoms. The average Bonchev–Trinajstić information content (AvgIpc) is 3.50. The van der Waals surface area contributed by atoms with E-state index >= 15 is 0 Å². The monoisotopic (exact) mass is 486 g/mol. The third kappa shape index (κ3) is 4.14. The number of hydrogen-bond acceptors (Lipinski definition) is 4. The number of aromatic nitrogens is 2. The smallest absolute Gasteiger partial charge is 0.436 e. The lowest BCUT2D eigenvalue weighted by Crippen LogP contribution is -2.49. The molecule has 30 heavy (non-hydrogen) atoms. The molecular weight excluding hydrogens is 465 g/mol. The van der Waals surface area contributed by atoms with Gasteiger partial charge in [0, 0.05) is 32.1 Å². The summed E-state index contributed by atoms with van der Waals surface area (Å²) in [4.78, 5) is 16.7. The molecule has 10 heteroatoms. The number of rotatable bonds is 5. The quantitative estimate of drug-likeness (QED) is 0.642. The molecule has 1 aromatic carbocycles. The molecule has 1 aromatic heterocycles. The minimum atomic E-state index is -4.56. The fourth-order valence-corrected chi connectivity index (χ4v) is 4.65. The first kappa shape index (κ1) is 21.0. The highest BCUT2D eigenvalue weighted by Gasteiger charge is 2.42. The maximum absolute atomic E-state index is 13.3. The summed E-state index contributed by atoms with van der Waals surface area (Å²) in [5, 5.41) is 3.73. The van der Waals surface area contributed by atoms with E-state index in [4.69, 9.17) is 4.74 Å². The molecule has 2 heterocycles. The zero-order chi connectivity index (χ0) is 21.5. The van der Waals surface area contributed by atoms with Crippen molar-refractivity contribution in [2.45, 2.75) is 31.5 Å². The first-order valence-corrected chi connectivity index (χ1v) is 10.6. The van der Waals surface area contributed by atoms with Crippen molar-refractivity contribution in [3.63, 3.8) is 0 Å². The number of piperazine rings is 1. The Balaban J connectivity index is 1.45. The summed E-state index contributed by atoms with van der Waals surface area (Å²) in [6.45, 7) is 2.04. The van der Waals surface area contributed by atoms with E-state index in [-0.39, 0.29) is 22.8 Å². The van der Waals surface area contributed by atoms with E-state index in [9.17, 15) is 18.0 Å². The molecular formula is C20H22BrF3N4O2. The van der Waals surface area contributed by atoms with Crippen molar-refractivity contribution in [2.75, 3.05) is 38.2 Å². The molecule has 2 aliphatic rings. The molecule has 2 fully saturated rings. The van der Waals surface area contributed by atoms with E-state index in [1.807, 2.05) is 24.3 Å². The van der Waals surface area contributed by atoms with Crippen LogP contribution in [-0.4, -0.2) is 53.9 Å². The first-order valence-electron chi connectivity index (χ1n) is 9.78. The minimum Gasteiger partial charge on any atom is -0.495 e. The highest BCUT2D eigenvalue weighted by molar-refractivity contribution is 9.10. The number of carbonyl (C=O) groups excluding carboxylic acids is 1. The van der Waals surface area contributed by atoms with E-state index in [0.29, 0.717) is 31.9 Å². The summed E-state index contributed by atoms with van der Waals surface area (Å²) in [5.41, 5.74) is 0.482. The van der Waals surface area contributed by atoms with E-state index < -0.39 is 11.9 Å². The zero-order valence-electron chi connectivity index (χ0n) is 16.5. The van der Waals surface area contributed by atoms with E-state index in [0.717, 1.165) is 24.3 Å².